The summed E-state index contributed by atoms with van der Waals surface area (Å²) in [6, 6.07) is 3.43. The van der Waals surface area contributed by atoms with Crippen molar-refractivity contribution in [2.24, 2.45) is 35.3 Å². The highest BCUT2D eigenvalue weighted by atomic mass is 16.6. The summed E-state index contributed by atoms with van der Waals surface area (Å²) >= 11 is 0. The molecule has 15 atom stereocenters. The average Bonchev–Trinajstić information content (AvgIpc) is 1.48. The Morgan fingerprint density at radius 3 is 2.28 bits per heavy atom. The molecule has 118 heavy (non-hydrogen) atoms. The number of nitrogen functional groups attached to an aromatic ring is 2. The zero-order chi connectivity index (χ0) is 84.8. The Kier molecular flexibility index (Phi) is 37.0. The monoisotopic (exact) mass is 1650 g/mol. The molecule has 1 aliphatic carbocycles. The van der Waals surface area contributed by atoms with Crippen LogP contribution in [0.2, 0.25) is 0 Å². The number of nitrogens with two attached hydrogens (primary N) is 3. The maximum absolute atomic E-state index is 14.7. The summed E-state index contributed by atoms with van der Waals surface area (Å²) in [7, 11) is 4.58. The van der Waals surface area contributed by atoms with Crippen molar-refractivity contribution in [1.29, 1.82) is 0 Å². The number of esters is 1. The second-order valence-electron chi connectivity index (χ2n) is 31.9. The fraction of sp³-hybridized carbons (Fsp3) is 0.659. The van der Waals surface area contributed by atoms with Gasteiger partial charge in [0, 0.05) is 115 Å². The van der Waals surface area contributed by atoms with Gasteiger partial charge in [-0.25, -0.2) is 24.1 Å². The molecule has 1 aromatic carbocycles. The van der Waals surface area contributed by atoms with Crippen LogP contribution in [-0.2, 0) is 95.7 Å². The number of piperidine rings is 1. The van der Waals surface area contributed by atoms with Gasteiger partial charge in [0.15, 0.2) is 17.0 Å². The minimum Gasteiger partial charge on any atom is -0.459 e. The number of oxazole rings is 1. The lowest BCUT2D eigenvalue weighted by atomic mass is 9.80. The van der Waals surface area contributed by atoms with E-state index in [-0.39, 0.29) is 92.1 Å². The third-order valence-electron chi connectivity index (χ3n) is 22.9. The van der Waals surface area contributed by atoms with E-state index in [4.69, 9.17) is 69.3 Å². The second-order valence-corrected chi connectivity index (χ2v) is 31.9. The topological polar surface area (TPSA) is 449 Å². The van der Waals surface area contributed by atoms with Crippen LogP contribution in [0.25, 0.3) is 33.4 Å². The number of nitrogens with zero attached hydrogens (tertiary/aromatic N) is 9. The molecule has 3 amide bonds. The lowest BCUT2D eigenvalue weighted by Gasteiger charge is -2.42. The van der Waals surface area contributed by atoms with Crippen LogP contribution in [0.15, 0.2) is 82.7 Å². The van der Waals surface area contributed by atoms with Crippen molar-refractivity contribution in [3.05, 3.63) is 84.0 Å². The average molecular weight is 1650 g/mol. The Morgan fingerprint density at radius 2 is 1.53 bits per heavy atom. The van der Waals surface area contributed by atoms with Gasteiger partial charge in [-0.05, 0) is 158 Å². The first-order chi connectivity index (χ1) is 56.8. The van der Waals surface area contributed by atoms with E-state index in [1.165, 1.54) is 13.4 Å². The number of carbonyl (C=O) groups excluding carboxylic acids is 7. The number of carbonyl (C=O) groups is 7. The smallest absolute Gasteiger partial charge is 0.329 e. The number of methoxy groups -OCH3 is 3. The molecule has 4 aromatic heterocycles. The van der Waals surface area contributed by atoms with Crippen LogP contribution in [0.4, 0.5) is 11.8 Å². The number of fused-ring (bicyclic) bond motifs is 5. The predicted octanol–water partition coefficient (Wildman–Crippen LogP) is 7.56. The molecule has 2 saturated heterocycles. The molecule has 2 bridgehead atoms. The number of Topliss-reactive ketones (excluding diaryl/α,β-unsaturated/α-hetero) is 3. The maximum atomic E-state index is 14.7. The fourth-order valence-corrected chi connectivity index (χ4v) is 15.9. The molecule has 0 unspecified atom stereocenters. The molecule has 0 spiro atoms. The molecular formula is C85H126N14O19. The second kappa shape index (κ2) is 46.8. The highest BCUT2D eigenvalue weighted by Crippen LogP contribution is 2.39. The number of anilines is 2. The van der Waals surface area contributed by atoms with E-state index in [2.05, 4.69) is 35.9 Å². The molecule has 9 rings (SSSR count). The van der Waals surface area contributed by atoms with E-state index >= 15 is 0 Å². The molecule has 7 heterocycles. The zero-order valence-electron chi connectivity index (χ0n) is 70.2. The number of cyclic esters (lactones) is 1. The molecule has 10 N–H and O–H groups in total. The standard InChI is InChI=1S/C85H126N14O19/c1-53-20-11-10-12-21-54(2)69(109-7)49-62-29-26-58(6)85(108,118-62)79(105)82(106)98-34-16-13-23-65(98)83(107)116-70(50-66(100)55(3)45-57(5)77(104)78(111-9)76(103)56(4)44-53)63(86)46-59-27-30-68(71(47-59)110-8)115-37-18-14-22-61-51-97(96-94-61)36-39-113-41-43-114-42-40-112-38-33-90-73(102)25-19-24-72(101)89-32-15-17-35-99-81-74(80(87)91-52-92-81)75(95-99)60-28-31-67-64(48-60)93-84(88)117-67/h10-12,20-21,28,31,45,48,51-53,55-56,58-59,62-63,65,68-71,77-78,104,108H,13-19,22-27,29-30,32-44,46-47,49-50,86H2,1-9H3,(H2,88,93)(H,89,101)(H,90,102)(H2,87,91,92)/b12-10?,20-11+,54-21?,57-45+/t53-,55-,56-,58-,59+,62+,63-,65+,68-,69+,70+,71-,77-,78+,85-/m1/s1. The number of ketones is 3. The summed E-state index contributed by atoms with van der Waals surface area (Å²) in [5.74, 6) is -8.29. The van der Waals surface area contributed by atoms with E-state index < -0.39 is 83.8 Å². The Labute approximate surface area is 691 Å². The van der Waals surface area contributed by atoms with Gasteiger partial charge < -0.3 is 90.0 Å². The summed E-state index contributed by atoms with van der Waals surface area (Å²) in [6.07, 6.45) is 18.4. The lowest BCUT2D eigenvalue weighted by molar-refractivity contribution is -0.265. The number of aromatic nitrogens is 8. The molecule has 4 aliphatic rings. The number of rotatable bonds is 34. The summed E-state index contributed by atoms with van der Waals surface area (Å²) in [6.45, 7) is 15.3. The van der Waals surface area contributed by atoms with Gasteiger partial charge in [0.1, 0.15) is 53.5 Å². The Hall–Kier alpha value is -8.61. The predicted molar refractivity (Wildman–Crippen MR) is 439 cm³/mol. The highest BCUT2D eigenvalue weighted by Gasteiger charge is 2.53. The zero-order valence-corrected chi connectivity index (χ0v) is 70.2. The van der Waals surface area contributed by atoms with E-state index in [0.717, 1.165) is 34.6 Å². The van der Waals surface area contributed by atoms with Crippen molar-refractivity contribution in [3.63, 3.8) is 0 Å². The first-order valence-electron chi connectivity index (χ1n) is 41.9. The van der Waals surface area contributed by atoms with Crippen LogP contribution in [0.3, 0.4) is 0 Å². The maximum Gasteiger partial charge on any atom is 0.329 e. The lowest BCUT2D eigenvalue weighted by Crippen LogP contribution is -2.61. The Bertz CT molecular complexity index is 4220. The SMILES string of the molecule is CO[C@H]1C[C@@H]2CC[C@@H](C)[C@@](O)(O2)C(=O)C(=O)N2CCCC[C@H]2C(=O)O[C@H]([C@H](N)C[C@@H]2CC[C@@H](OCCCCc3cn(CCOCCOCCOCCNC(=O)CCCC(=O)NCCCCn4nc(-c5ccc6oc(N)nc6c5)c5c(N)ncnc54)nn3)[C@H](OC)C2)CC(=O)[C@H](C)/C=C(\C)[C@@H](O)[C@@H](OC)C(=O)[C@H](C)C[C@H](C)/C=C/C=CC=C1C. The summed E-state index contributed by atoms with van der Waals surface area (Å²) in [5.41, 5.74) is 24.3. The molecule has 33 nitrogen and oxygen atoms in total. The van der Waals surface area contributed by atoms with Crippen LogP contribution < -0.4 is 27.8 Å². The number of ether oxygens (including phenoxy) is 9. The number of hydrogen-bond acceptors (Lipinski definition) is 28. The number of nitrogens with one attached hydrogen (secondary N) is 2. The number of aliphatic hydroxyl groups excluding tert-OH is 1. The van der Waals surface area contributed by atoms with Crippen LogP contribution in [0, 0.1) is 29.6 Å². The number of benzene rings is 1. The van der Waals surface area contributed by atoms with Gasteiger partial charge in [0.2, 0.25) is 17.6 Å². The van der Waals surface area contributed by atoms with Gasteiger partial charge in [0.05, 0.1) is 81.7 Å². The van der Waals surface area contributed by atoms with Crippen molar-refractivity contribution in [3.8, 4) is 11.3 Å². The van der Waals surface area contributed by atoms with Crippen LogP contribution in [0.1, 0.15) is 169 Å². The van der Waals surface area contributed by atoms with Gasteiger partial charge in [-0.2, -0.15) is 10.1 Å². The fourth-order valence-electron chi connectivity index (χ4n) is 15.9. The van der Waals surface area contributed by atoms with Crippen LogP contribution in [-0.4, -0.2) is 244 Å². The number of aliphatic hydroxyl groups is 2. The molecule has 650 valence electrons. The van der Waals surface area contributed by atoms with Gasteiger partial charge in [-0.1, -0.05) is 69.4 Å². The number of amides is 3. The summed E-state index contributed by atoms with van der Waals surface area (Å²) in [5, 5.41) is 43.6. The van der Waals surface area contributed by atoms with Gasteiger partial charge in [-0.15, -0.1) is 5.10 Å². The minimum atomic E-state index is -2.48. The largest absolute Gasteiger partial charge is 0.459 e. The Morgan fingerprint density at radius 1 is 0.771 bits per heavy atom. The normalized spacial score (nSPS) is 26.9. The highest BCUT2D eigenvalue weighted by molar-refractivity contribution is 6.39. The first kappa shape index (κ1) is 93.3. The van der Waals surface area contributed by atoms with Crippen LogP contribution in [0.5, 0.6) is 0 Å². The number of hydrogen-bond donors (Lipinski definition) is 7. The number of unbranched alkanes of at least 4 members (excludes halogenated alkanes) is 2. The first-order valence-corrected chi connectivity index (χ1v) is 41.9. The van der Waals surface area contributed by atoms with E-state index in [9.17, 15) is 43.8 Å². The molecule has 5 aromatic rings. The number of aryl methyl sites for hydroxylation is 2. The van der Waals surface area contributed by atoms with Gasteiger partial charge >= 0.3 is 5.97 Å². The third kappa shape index (κ3) is 26.9. The van der Waals surface area contributed by atoms with Gasteiger partial charge in [-0.3, -0.25) is 28.8 Å². The van der Waals surface area contributed by atoms with E-state index in [0.29, 0.717) is 195 Å². The van der Waals surface area contributed by atoms with E-state index in [1.54, 1.807) is 63.4 Å². The van der Waals surface area contributed by atoms with Crippen molar-refractivity contribution >= 4 is 75.0 Å². The molecule has 3 aliphatic heterocycles. The van der Waals surface area contributed by atoms with Crippen molar-refractivity contribution < 1.29 is 90.8 Å². The van der Waals surface area contributed by atoms with Crippen molar-refractivity contribution in [2.45, 2.75) is 244 Å². The summed E-state index contributed by atoms with van der Waals surface area (Å²) < 4.78 is 62.5. The van der Waals surface area contributed by atoms with Crippen molar-refractivity contribution in [1.82, 2.24) is 55.3 Å². The number of allylic oxidation sites excluding steroid dienone is 6. The molecule has 1 saturated carbocycles. The molecule has 3 fully saturated rings. The van der Waals surface area contributed by atoms with Crippen LogP contribution >= 0.6 is 0 Å². The van der Waals surface area contributed by atoms with Crippen molar-refractivity contribution in [2.75, 3.05) is 98.7 Å². The molecule has 0 radical (unpaired) electrons. The van der Waals surface area contributed by atoms with Gasteiger partial charge in [0.25, 0.3) is 17.7 Å². The quantitative estimate of drug-likeness (QED) is 0.00903. The summed E-state index contributed by atoms with van der Waals surface area (Å²) in [4.78, 5) is 111. The Balaban J connectivity index is 0.649. The molecule has 33 heteroatoms. The minimum absolute atomic E-state index is 0.0170. The molecular weight excluding hydrogens is 1520 g/mol. The third-order valence-corrected chi connectivity index (χ3v) is 22.9. The van der Waals surface area contributed by atoms with E-state index in [1.807, 2.05) is 62.6 Å².